The van der Waals surface area contributed by atoms with Crippen LogP contribution >= 0.6 is 11.6 Å². The summed E-state index contributed by atoms with van der Waals surface area (Å²) < 4.78 is 12.9. The van der Waals surface area contributed by atoms with E-state index in [1.54, 1.807) is 12.1 Å². The van der Waals surface area contributed by atoms with E-state index in [9.17, 15) is 9.18 Å². The van der Waals surface area contributed by atoms with Gasteiger partial charge in [0.25, 0.3) is 0 Å². The maximum absolute atomic E-state index is 12.9. The molecule has 0 radical (unpaired) electrons. The van der Waals surface area contributed by atoms with Gasteiger partial charge in [-0.25, -0.2) is 4.39 Å². The van der Waals surface area contributed by atoms with Crippen molar-refractivity contribution < 1.29 is 9.18 Å². The summed E-state index contributed by atoms with van der Waals surface area (Å²) in [5.74, 6) is -0.267. The third-order valence-corrected chi connectivity index (χ3v) is 3.30. The highest BCUT2D eigenvalue weighted by molar-refractivity contribution is 6.30. The molecule has 0 aliphatic heterocycles. The van der Waals surface area contributed by atoms with E-state index in [4.69, 9.17) is 11.6 Å². The van der Waals surface area contributed by atoms with Gasteiger partial charge in [0.2, 0.25) is 5.91 Å². The summed E-state index contributed by atoms with van der Waals surface area (Å²) in [6.45, 7) is 1.39. The maximum Gasteiger partial charge on any atom is 0.220 e. The summed E-state index contributed by atoms with van der Waals surface area (Å²) in [6.07, 6.45) is 3.59. The molecule has 1 amide bonds. The van der Waals surface area contributed by atoms with Crippen LogP contribution in [0, 0.1) is 5.82 Å². The van der Waals surface area contributed by atoms with E-state index < -0.39 is 5.82 Å². The van der Waals surface area contributed by atoms with Gasteiger partial charge in [-0.3, -0.25) is 4.79 Å². The molecule has 0 spiro atoms. The first kappa shape index (κ1) is 14.3. The Labute approximate surface area is 117 Å². The molecule has 0 bridgehead atoms. The highest BCUT2D eigenvalue weighted by Gasteiger charge is 2.22. The average molecular weight is 285 g/mol. The van der Waals surface area contributed by atoms with Crippen molar-refractivity contribution in [1.29, 1.82) is 0 Å². The largest absolute Gasteiger partial charge is 0.353 e. The van der Waals surface area contributed by atoms with Gasteiger partial charge in [-0.2, -0.15) is 0 Å². The Morgan fingerprint density at radius 3 is 2.89 bits per heavy atom. The molecule has 1 aromatic carbocycles. The van der Waals surface area contributed by atoms with Crippen LogP contribution in [0.1, 0.15) is 31.2 Å². The van der Waals surface area contributed by atoms with Crippen LogP contribution < -0.4 is 10.6 Å². The fraction of sp³-hybridized carbons (Fsp3) is 0.500. The molecule has 5 heteroatoms. The van der Waals surface area contributed by atoms with Crippen LogP contribution in [0.4, 0.5) is 4.39 Å². The monoisotopic (exact) mass is 284 g/mol. The highest BCUT2D eigenvalue weighted by atomic mass is 35.5. The van der Waals surface area contributed by atoms with E-state index in [0.29, 0.717) is 19.0 Å². The third-order valence-electron chi connectivity index (χ3n) is 3.01. The van der Waals surface area contributed by atoms with Gasteiger partial charge in [-0.15, -0.1) is 0 Å². The lowest BCUT2D eigenvalue weighted by atomic mass is 10.2. The molecule has 104 valence electrons. The lowest BCUT2D eigenvalue weighted by Gasteiger charge is -2.06. The minimum absolute atomic E-state index is 0.133. The van der Waals surface area contributed by atoms with Crippen molar-refractivity contribution in [1.82, 2.24) is 10.6 Å². The second-order valence-electron chi connectivity index (χ2n) is 4.87. The molecule has 2 rings (SSSR count). The zero-order valence-electron chi connectivity index (χ0n) is 10.7. The Bertz CT molecular complexity index is 449. The predicted octanol–water partition coefficient (Wildman–Crippen LogP) is 2.63. The highest BCUT2D eigenvalue weighted by Crippen LogP contribution is 2.18. The Balaban J connectivity index is 1.58. The van der Waals surface area contributed by atoms with Crippen LogP contribution in [0.5, 0.6) is 0 Å². The smallest absolute Gasteiger partial charge is 0.220 e. The van der Waals surface area contributed by atoms with Crippen molar-refractivity contribution in [2.45, 2.75) is 38.3 Å². The first-order chi connectivity index (χ1) is 9.15. The average Bonchev–Trinajstić information content (AvgIpc) is 3.17. The summed E-state index contributed by atoms with van der Waals surface area (Å²) >= 11 is 5.69. The van der Waals surface area contributed by atoms with E-state index in [1.165, 1.54) is 6.07 Å². The molecule has 2 N–H and O–H groups in total. The number of nitrogens with one attached hydrogen (secondary N) is 2. The SMILES string of the molecule is O=C(CCCNCc1ccc(F)c(Cl)c1)NC1CC1. The molecule has 0 aromatic heterocycles. The minimum Gasteiger partial charge on any atom is -0.353 e. The van der Waals surface area contributed by atoms with Crippen LogP contribution in [-0.2, 0) is 11.3 Å². The van der Waals surface area contributed by atoms with Crippen LogP contribution in [0.3, 0.4) is 0 Å². The quantitative estimate of drug-likeness (QED) is 0.756. The normalized spacial score (nSPS) is 14.4. The zero-order valence-corrected chi connectivity index (χ0v) is 11.5. The maximum atomic E-state index is 12.9. The summed E-state index contributed by atoms with van der Waals surface area (Å²) in [7, 11) is 0. The lowest BCUT2D eigenvalue weighted by Crippen LogP contribution is -2.26. The van der Waals surface area contributed by atoms with E-state index in [2.05, 4.69) is 10.6 Å². The van der Waals surface area contributed by atoms with Crippen molar-refractivity contribution in [2.24, 2.45) is 0 Å². The van der Waals surface area contributed by atoms with Crippen molar-refractivity contribution in [3.05, 3.63) is 34.6 Å². The zero-order chi connectivity index (χ0) is 13.7. The molecule has 3 nitrogen and oxygen atoms in total. The summed E-state index contributed by atoms with van der Waals surface area (Å²) in [6, 6.07) is 5.11. The van der Waals surface area contributed by atoms with Crippen molar-refractivity contribution in [2.75, 3.05) is 6.54 Å². The fourth-order valence-corrected chi connectivity index (χ4v) is 1.99. The number of hydrogen-bond donors (Lipinski definition) is 2. The number of carbonyl (C=O) groups is 1. The van der Waals surface area contributed by atoms with Crippen LogP contribution in [-0.4, -0.2) is 18.5 Å². The van der Waals surface area contributed by atoms with E-state index in [1.807, 2.05) is 0 Å². The summed E-state index contributed by atoms with van der Waals surface area (Å²) in [5.41, 5.74) is 0.939. The van der Waals surface area contributed by atoms with E-state index in [0.717, 1.165) is 31.4 Å². The molecule has 1 aliphatic carbocycles. The van der Waals surface area contributed by atoms with Crippen molar-refractivity contribution >= 4 is 17.5 Å². The Hall–Kier alpha value is -1.13. The molecular formula is C14H18ClFN2O. The molecule has 1 saturated carbocycles. The van der Waals surface area contributed by atoms with Gasteiger partial charge in [0.15, 0.2) is 0 Å². The van der Waals surface area contributed by atoms with Crippen LogP contribution in [0.25, 0.3) is 0 Å². The topological polar surface area (TPSA) is 41.1 Å². The van der Waals surface area contributed by atoms with Gasteiger partial charge in [0.1, 0.15) is 5.82 Å². The van der Waals surface area contributed by atoms with Gasteiger partial charge < -0.3 is 10.6 Å². The number of amides is 1. The summed E-state index contributed by atoms with van der Waals surface area (Å²) in [4.78, 5) is 11.4. The number of benzene rings is 1. The molecule has 1 aliphatic rings. The van der Waals surface area contributed by atoms with Gasteiger partial charge in [-0.1, -0.05) is 17.7 Å². The Kier molecular flexibility index (Phi) is 5.16. The number of rotatable bonds is 7. The molecular weight excluding hydrogens is 267 g/mol. The van der Waals surface area contributed by atoms with Crippen molar-refractivity contribution in [3.8, 4) is 0 Å². The Morgan fingerprint density at radius 2 is 2.21 bits per heavy atom. The van der Waals surface area contributed by atoms with Crippen LogP contribution in [0.2, 0.25) is 5.02 Å². The van der Waals surface area contributed by atoms with Gasteiger partial charge in [0.05, 0.1) is 5.02 Å². The molecule has 0 heterocycles. The minimum atomic E-state index is -0.401. The lowest BCUT2D eigenvalue weighted by molar-refractivity contribution is -0.121. The van der Waals surface area contributed by atoms with Gasteiger partial charge in [-0.05, 0) is 43.5 Å². The first-order valence-corrected chi connectivity index (χ1v) is 6.97. The number of halogens is 2. The van der Waals surface area contributed by atoms with Crippen LogP contribution in [0.15, 0.2) is 18.2 Å². The molecule has 1 aromatic rings. The standard InChI is InChI=1S/C14H18ClFN2O/c15-12-8-10(3-6-13(12)16)9-17-7-1-2-14(19)18-11-4-5-11/h3,6,8,11,17H,1-2,4-5,7,9H2,(H,18,19). The van der Waals surface area contributed by atoms with Gasteiger partial charge >= 0.3 is 0 Å². The number of hydrogen-bond acceptors (Lipinski definition) is 2. The Morgan fingerprint density at radius 1 is 1.42 bits per heavy atom. The third kappa shape index (κ3) is 5.17. The van der Waals surface area contributed by atoms with E-state index in [-0.39, 0.29) is 10.9 Å². The predicted molar refractivity (Wildman–Crippen MR) is 73.5 cm³/mol. The second-order valence-corrected chi connectivity index (χ2v) is 5.28. The molecule has 1 fully saturated rings. The number of carbonyl (C=O) groups excluding carboxylic acids is 1. The second kappa shape index (κ2) is 6.87. The summed E-state index contributed by atoms with van der Waals surface area (Å²) in [5, 5.41) is 6.30. The molecule has 0 unspecified atom stereocenters. The van der Waals surface area contributed by atoms with Gasteiger partial charge in [0, 0.05) is 19.0 Å². The molecule has 19 heavy (non-hydrogen) atoms. The first-order valence-electron chi connectivity index (χ1n) is 6.59. The molecule has 0 atom stereocenters. The van der Waals surface area contributed by atoms with E-state index >= 15 is 0 Å². The fourth-order valence-electron chi connectivity index (χ4n) is 1.78. The van der Waals surface area contributed by atoms with Crippen molar-refractivity contribution in [3.63, 3.8) is 0 Å². The molecule has 0 saturated heterocycles.